The Kier molecular flexibility index (Phi) is 7.18. The SMILES string of the molecule is Cc1cccc(NC(=O)NCC(=O)N2C(C(=O)NC(C)(C)C)CCC2c2ccccc2)c1. The maximum absolute atomic E-state index is 13.2. The highest BCUT2D eigenvalue weighted by atomic mass is 16.2. The average Bonchev–Trinajstić information content (AvgIpc) is 3.17. The lowest BCUT2D eigenvalue weighted by Gasteiger charge is -2.32. The zero-order valence-electron chi connectivity index (χ0n) is 19.1. The first-order chi connectivity index (χ1) is 15.1. The molecule has 3 N–H and O–H groups in total. The van der Waals surface area contributed by atoms with Crippen molar-refractivity contribution in [1.82, 2.24) is 15.5 Å². The summed E-state index contributed by atoms with van der Waals surface area (Å²) in [6.07, 6.45) is 1.26. The van der Waals surface area contributed by atoms with Gasteiger partial charge in [-0.1, -0.05) is 42.5 Å². The van der Waals surface area contributed by atoms with Gasteiger partial charge in [-0.25, -0.2) is 4.79 Å². The highest BCUT2D eigenvalue weighted by molar-refractivity contribution is 5.94. The quantitative estimate of drug-likeness (QED) is 0.667. The fourth-order valence-electron chi connectivity index (χ4n) is 4.02. The molecule has 170 valence electrons. The third kappa shape index (κ3) is 6.09. The first-order valence-electron chi connectivity index (χ1n) is 10.9. The van der Waals surface area contributed by atoms with E-state index < -0.39 is 17.6 Å². The topological polar surface area (TPSA) is 90.5 Å². The number of anilines is 1. The molecule has 7 heteroatoms. The number of aryl methyl sites for hydroxylation is 1. The Labute approximate surface area is 189 Å². The first-order valence-corrected chi connectivity index (χ1v) is 10.9. The van der Waals surface area contributed by atoms with E-state index in [-0.39, 0.29) is 24.4 Å². The van der Waals surface area contributed by atoms with Gasteiger partial charge in [0, 0.05) is 11.2 Å². The number of hydrogen-bond donors (Lipinski definition) is 3. The van der Waals surface area contributed by atoms with Crippen molar-refractivity contribution < 1.29 is 14.4 Å². The Hall–Kier alpha value is -3.35. The Morgan fingerprint density at radius 3 is 2.38 bits per heavy atom. The van der Waals surface area contributed by atoms with E-state index in [4.69, 9.17) is 0 Å². The Balaban J connectivity index is 1.71. The van der Waals surface area contributed by atoms with Crippen LogP contribution in [-0.4, -0.2) is 40.9 Å². The molecule has 1 fully saturated rings. The Morgan fingerprint density at radius 2 is 1.72 bits per heavy atom. The highest BCUT2D eigenvalue weighted by Gasteiger charge is 2.42. The summed E-state index contributed by atoms with van der Waals surface area (Å²) in [6, 6.07) is 15.9. The second kappa shape index (κ2) is 9.85. The van der Waals surface area contributed by atoms with E-state index in [0.717, 1.165) is 11.1 Å². The molecule has 0 saturated carbocycles. The van der Waals surface area contributed by atoms with Crippen LogP contribution in [0.2, 0.25) is 0 Å². The van der Waals surface area contributed by atoms with Crippen molar-refractivity contribution in [1.29, 1.82) is 0 Å². The van der Waals surface area contributed by atoms with Gasteiger partial charge in [0.05, 0.1) is 12.6 Å². The maximum atomic E-state index is 13.2. The van der Waals surface area contributed by atoms with E-state index >= 15 is 0 Å². The zero-order chi connectivity index (χ0) is 23.3. The van der Waals surface area contributed by atoms with E-state index in [1.807, 2.05) is 76.2 Å². The van der Waals surface area contributed by atoms with E-state index in [0.29, 0.717) is 18.5 Å². The number of hydrogen-bond acceptors (Lipinski definition) is 3. The molecule has 2 unspecified atom stereocenters. The third-order valence-electron chi connectivity index (χ3n) is 5.33. The number of urea groups is 1. The van der Waals surface area contributed by atoms with E-state index in [2.05, 4.69) is 16.0 Å². The van der Waals surface area contributed by atoms with Crippen LogP contribution in [0.3, 0.4) is 0 Å². The van der Waals surface area contributed by atoms with Gasteiger partial charge in [0.1, 0.15) is 6.04 Å². The van der Waals surface area contributed by atoms with Gasteiger partial charge in [0.2, 0.25) is 11.8 Å². The van der Waals surface area contributed by atoms with Gasteiger partial charge in [-0.2, -0.15) is 0 Å². The first kappa shape index (κ1) is 23.3. The summed E-state index contributed by atoms with van der Waals surface area (Å²) in [5.74, 6) is -0.460. The largest absolute Gasteiger partial charge is 0.350 e. The van der Waals surface area contributed by atoms with Gasteiger partial charge in [-0.15, -0.1) is 0 Å². The minimum Gasteiger partial charge on any atom is -0.350 e. The molecule has 1 aliphatic rings. The number of benzene rings is 2. The van der Waals surface area contributed by atoms with E-state index in [1.165, 1.54) is 0 Å². The van der Waals surface area contributed by atoms with Gasteiger partial charge in [-0.3, -0.25) is 9.59 Å². The molecule has 2 aromatic carbocycles. The number of likely N-dealkylation sites (tertiary alicyclic amines) is 1. The smallest absolute Gasteiger partial charge is 0.319 e. The van der Waals surface area contributed by atoms with Gasteiger partial charge in [-0.05, 0) is 63.8 Å². The molecule has 3 rings (SSSR count). The summed E-state index contributed by atoms with van der Waals surface area (Å²) in [4.78, 5) is 40.1. The van der Waals surface area contributed by atoms with Crippen LogP contribution in [0.5, 0.6) is 0 Å². The minimum atomic E-state index is -0.575. The molecule has 2 aromatic rings. The average molecular weight is 437 g/mol. The molecular weight excluding hydrogens is 404 g/mol. The molecule has 7 nitrogen and oxygen atoms in total. The van der Waals surface area contributed by atoms with Gasteiger partial charge in [0.15, 0.2) is 0 Å². The van der Waals surface area contributed by atoms with Crippen molar-refractivity contribution in [3.63, 3.8) is 0 Å². The van der Waals surface area contributed by atoms with E-state index in [9.17, 15) is 14.4 Å². The molecule has 1 heterocycles. The van der Waals surface area contributed by atoms with E-state index in [1.54, 1.807) is 11.0 Å². The summed E-state index contributed by atoms with van der Waals surface area (Å²) < 4.78 is 0. The molecule has 1 saturated heterocycles. The van der Waals surface area contributed by atoms with Gasteiger partial charge in [0.25, 0.3) is 0 Å². The molecular formula is C25H32N4O3. The van der Waals surface area contributed by atoms with Gasteiger partial charge < -0.3 is 20.9 Å². The van der Waals surface area contributed by atoms with Crippen LogP contribution in [0.1, 0.15) is 50.8 Å². The molecule has 0 aromatic heterocycles. The van der Waals surface area contributed by atoms with Crippen molar-refractivity contribution in [3.8, 4) is 0 Å². The van der Waals surface area contributed by atoms with Crippen LogP contribution in [0, 0.1) is 6.92 Å². The summed E-state index contributed by atoms with van der Waals surface area (Å²) in [5, 5.41) is 8.36. The van der Waals surface area contributed by atoms with Crippen molar-refractivity contribution >= 4 is 23.5 Å². The molecule has 4 amide bonds. The van der Waals surface area contributed by atoms with Crippen molar-refractivity contribution in [2.45, 2.75) is 58.2 Å². The molecule has 0 aliphatic carbocycles. The van der Waals surface area contributed by atoms with Crippen LogP contribution in [-0.2, 0) is 9.59 Å². The molecule has 32 heavy (non-hydrogen) atoms. The number of amides is 4. The lowest BCUT2D eigenvalue weighted by molar-refractivity contribution is -0.140. The van der Waals surface area contributed by atoms with Crippen LogP contribution >= 0.6 is 0 Å². The normalized spacial score (nSPS) is 18.2. The Morgan fingerprint density at radius 1 is 1.00 bits per heavy atom. The van der Waals surface area contributed by atoms with Crippen molar-refractivity contribution in [2.75, 3.05) is 11.9 Å². The fraction of sp³-hybridized carbons (Fsp3) is 0.400. The number of rotatable bonds is 5. The summed E-state index contributed by atoms with van der Waals surface area (Å²) in [7, 11) is 0. The third-order valence-corrected chi connectivity index (χ3v) is 5.33. The summed E-state index contributed by atoms with van der Waals surface area (Å²) >= 11 is 0. The monoisotopic (exact) mass is 436 g/mol. The number of nitrogens with zero attached hydrogens (tertiary/aromatic N) is 1. The number of carbonyl (C=O) groups is 3. The van der Waals surface area contributed by atoms with Crippen LogP contribution in [0.15, 0.2) is 54.6 Å². The minimum absolute atomic E-state index is 0.173. The Bertz CT molecular complexity index is 969. The lowest BCUT2D eigenvalue weighted by atomic mass is 10.0. The predicted molar refractivity (Wildman–Crippen MR) is 125 cm³/mol. The lowest BCUT2D eigenvalue weighted by Crippen LogP contribution is -2.53. The fourth-order valence-corrected chi connectivity index (χ4v) is 4.02. The second-order valence-corrected chi connectivity index (χ2v) is 9.24. The zero-order valence-corrected chi connectivity index (χ0v) is 19.1. The molecule has 2 atom stereocenters. The number of nitrogens with one attached hydrogen (secondary N) is 3. The second-order valence-electron chi connectivity index (χ2n) is 9.24. The standard InChI is InChI=1S/C25H32N4O3/c1-17-9-8-12-19(15-17)27-24(32)26-16-22(30)29-20(18-10-6-5-7-11-18)13-14-21(29)23(31)28-25(2,3)4/h5-12,15,20-21H,13-14,16H2,1-4H3,(H,28,31)(H2,26,27,32). The van der Waals surface area contributed by atoms with Crippen LogP contribution < -0.4 is 16.0 Å². The van der Waals surface area contributed by atoms with Crippen molar-refractivity contribution in [3.05, 3.63) is 65.7 Å². The van der Waals surface area contributed by atoms with Crippen molar-refractivity contribution in [2.24, 2.45) is 0 Å². The summed E-state index contributed by atoms with van der Waals surface area (Å²) in [6.45, 7) is 7.49. The predicted octanol–water partition coefficient (Wildman–Crippen LogP) is 3.76. The maximum Gasteiger partial charge on any atom is 0.319 e. The highest BCUT2D eigenvalue weighted by Crippen LogP contribution is 2.36. The molecule has 0 bridgehead atoms. The molecule has 1 aliphatic heterocycles. The van der Waals surface area contributed by atoms with Crippen LogP contribution in [0.4, 0.5) is 10.5 Å². The van der Waals surface area contributed by atoms with Gasteiger partial charge >= 0.3 is 6.03 Å². The molecule has 0 spiro atoms. The van der Waals surface area contributed by atoms with Crippen LogP contribution in [0.25, 0.3) is 0 Å². The molecule has 0 radical (unpaired) electrons. The summed E-state index contributed by atoms with van der Waals surface area (Å²) in [5.41, 5.74) is 2.26. The number of carbonyl (C=O) groups excluding carboxylic acids is 3.